The minimum atomic E-state index is -2.33. The molecule has 0 atom stereocenters. The van der Waals surface area contributed by atoms with Gasteiger partial charge in [-0.3, -0.25) is 0 Å². The van der Waals surface area contributed by atoms with Gasteiger partial charge >= 0.3 is 0 Å². The van der Waals surface area contributed by atoms with Gasteiger partial charge in [-0.05, 0) is 6.16 Å². The second-order valence-electron chi connectivity index (χ2n) is 0.250. The Morgan fingerprint density at radius 2 is 1.33 bits per heavy atom. The Bertz CT molecular complexity index is 30.5. The first-order valence-electron chi connectivity index (χ1n) is 0.612. The Hall–Kier alpha value is 0.594. The molecule has 0 aromatic heterocycles. The SMILES string of the molecule is O.O=C([O-])[O-].[Pr]. The van der Waals surface area contributed by atoms with Crippen LogP contribution in [0.1, 0.15) is 0 Å². The third-order valence-electron chi connectivity index (χ3n) is 0. The Morgan fingerprint density at radius 3 is 1.33 bits per heavy atom. The first-order valence-corrected chi connectivity index (χ1v) is 0.612. The zero-order valence-electron chi connectivity index (χ0n) is 2.80. The van der Waals surface area contributed by atoms with E-state index in [1.165, 1.54) is 0 Å². The van der Waals surface area contributed by atoms with Gasteiger partial charge in [0.1, 0.15) is 0 Å². The predicted molar refractivity (Wildman–Crippen MR) is 9.01 cm³/mol. The van der Waals surface area contributed by atoms with Crippen LogP contribution in [0.15, 0.2) is 0 Å². The van der Waals surface area contributed by atoms with Gasteiger partial charge in [-0.25, -0.2) is 0 Å². The number of carboxylic acid groups (broad SMARTS) is 2. The molecule has 0 aliphatic heterocycles. The molecule has 6 heavy (non-hydrogen) atoms. The number of hydrogen-bond acceptors (Lipinski definition) is 3. The predicted octanol–water partition coefficient (Wildman–Crippen LogP) is -3.27. The molecule has 0 unspecified atom stereocenters. The van der Waals surface area contributed by atoms with Crippen LogP contribution in [-0.2, 0) is 0 Å². The van der Waals surface area contributed by atoms with E-state index in [2.05, 4.69) is 0 Å². The van der Waals surface area contributed by atoms with Gasteiger partial charge in [0.2, 0.25) is 0 Å². The maximum Gasteiger partial charge on any atom is 0 e. The van der Waals surface area contributed by atoms with Crippen molar-refractivity contribution in [3.63, 3.8) is 0 Å². The van der Waals surface area contributed by atoms with Crippen LogP contribution in [0.4, 0.5) is 4.79 Å². The van der Waals surface area contributed by atoms with E-state index in [1.807, 2.05) is 0 Å². The molecule has 0 bridgehead atoms. The van der Waals surface area contributed by atoms with Crippen molar-refractivity contribution < 1.29 is 61.8 Å². The van der Waals surface area contributed by atoms with Gasteiger partial charge in [0, 0.05) is 41.3 Å². The summed E-state index contributed by atoms with van der Waals surface area (Å²) in [6.07, 6.45) is -2.33. The molecule has 0 aliphatic carbocycles. The normalized spacial score (nSPS) is 4.00. The van der Waals surface area contributed by atoms with Gasteiger partial charge in [0.15, 0.2) is 0 Å². The van der Waals surface area contributed by atoms with Gasteiger partial charge in [-0.2, -0.15) is 0 Å². The fraction of sp³-hybridized carbons (Fsp3) is 0. The molecule has 4 nitrogen and oxygen atoms in total. The summed E-state index contributed by atoms with van der Waals surface area (Å²) in [4.78, 5) is 8.33. The second kappa shape index (κ2) is 9.14. The zero-order chi connectivity index (χ0) is 3.58. The molecule has 0 saturated heterocycles. The van der Waals surface area contributed by atoms with Gasteiger partial charge in [-0.1, -0.05) is 0 Å². The van der Waals surface area contributed by atoms with Crippen LogP contribution in [-0.4, -0.2) is 11.6 Å². The monoisotopic (exact) mass is 219 g/mol. The Labute approximate surface area is 67.4 Å². The third-order valence-corrected chi connectivity index (χ3v) is 0. The Kier molecular flexibility index (Phi) is 24.3. The third kappa shape index (κ3) is 168. The summed E-state index contributed by atoms with van der Waals surface area (Å²) in [7, 11) is 0. The maximum atomic E-state index is 8.33. The summed E-state index contributed by atoms with van der Waals surface area (Å²) in [5.41, 5.74) is 0. The van der Waals surface area contributed by atoms with Crippen LogP contribution in [0.25, 0.3) is 0 Å². The van der Waals surface area contributed by atoms with Crippen molar-refractivity contribution in [2.24, 2.45) is 0 Å². The van der Waals surface area contributed by atoms with E-state index in [-0.39, 0.29) is 46.8 Å². The van der Waals surface area contributed by atoms with Crippen LogP contribution in [0, 0.1) is 41.3 Å². The van der Waals surface area contributed by atoms with Crippen molar-refractivity contribution in [1.29, 1.82) is 0 Å². The summed E-state index contributed by atoms with van der Waals surface area (Å²) < 4.78 is 0. The van der Waals surface area contributed by atoms with Crippen molar-refractivity contribution in [2.45, 2.75) is 0 Å². The van der Waals surface area contributed by atoms with Gasteiger partial charge in [0.05, 0.1) is 0 Å². The summed E-state index contributed by atoms with van der Waals surface area (Å²) >= 11 is 0. The molecule has 0 aromatic rings. The zero-order valence-corrected chi connectivity index (χ0v) is 6.51. The van der Waals surface area contributed by atoms with E-state index in [1.54, 1.807) is 0 Å². The largest absolute Gasteiger partial charge is 0.652 e. The van der Waals surface area contributed by atoms with Crippen molar-refractivity contribution in [3.8, 4) is 0 Å². The molecule has 35 valence electrons. The van der Waals surface area contributed by atoms with Crippen LogP contribution in [0.3, 0.4) is 0 Å². The van der Waals surface area contributed by atoms with Crippen LogP contribution in [0.2, 0.25) is 0 Å². The minimum absolute atomic E-state index is 0. The maximum absolute atomic E-state index is 8.33. The molecular weight excluding hydrogens is 217 g/mol. The molecule has 0 aromatic carbocycles. The molecule has 5 heteroatoms. The molecule has 0 saturated carbocycles. The summed E-state index contributed by atoms with van der Waals surface area (Å²) in [5.74, 6) is 0. The summed E-state index contributed by atoms with van der Waals surface area (Å²) in [6, 6.07) is 0. The van der Waals surface area contributed by atoms with Crippen molar-refractivity contribution in [3.05, 3.63) is 0 Å². The van der Waals surface area contributed by atoms with E-state index in [9.17, 15) is 0 Å². The van der Waals surface area contributed by atoms with Gasteiger partial charge in [0.25, 0.3) is 0 Å². The van der Waals surface area contributed by atoms with Crippen LogP contribution in [0.5, 0.6) is 0 Å². The number of hydrogen-bond donors (Lipinski definition) is 0. The van der Waals surface area contributed by atoms with E-state index >= 15 is 0 Å². The van der Waals surface area contributed by atoms with E-state index < -0.39 is 6.16 Å². The fourth-order valence-electron chi connectivity index (χ4n) is 0. The first kappa shape index (κ1) is 16.0. The fourth-order valence-corrected chi connectivity index (χ4v) is 0. The average Bonchev–Trinajstić information content (AvgIpc) is 0.811. The van der Waals surface area contributed by atoms with Crippen molar-refractivity contribution >= 4 is 6.16 Å². The summed E-state index contributed by atoms with van der Waals surface area (Å²) in [5, 5.41) is 16.7. The van der Waals surface area contributed by atoms with Gasteiger partial charge in [-0.15, -0.1) is 0 Å². The molecule has 0 fully saturated rings. The molecule has 0 amide bonds. The summed E-state index contributed by atoms with van der Waals surface area (Å²) in [6.45, 7) is 0. The van der Waals surface area contributed by atoms with Crippen molar-refractivity contribution in [1.82, 2.24) is 0 Å². The van der Waals surface area contributed by atoms with Crippen molar-refractivity contribution in [2.75, 3.05) is 0 Å². The topological polar surface area (TPSA) is 94.7 Å². The van der Waals surface area contributed by atoms with Crippen LogP contribution < -0.4 is 10.2 Å². The van der Waals surface area contributed by atoms with E-state index in [0.29, 0.717) is 0 Å². The molecular formula is CH2O4Pr-2. The molecule has 1 radical (unpaired) electrons. The molecule has 0 rings (SSSR count). The molecule has 0 aliphatic rings. The molecule has 0 spiro atoms. The number of carbonyl (C=O) groups is 1. The number of carbonyl (C=O) groups excluding carboxylic acids is 1. The smallest absolute Gasteiger partial charge is 0 e. The standard InChI is InChI=1S/CH2O3.H2O.Pr/c2-1(3)4;;/h(H2,2,3,4);1H2;/p-2. The van der Waals surface area contributed by atoms with E-state index in [4.69, 9.17) is 15.0 Å². The molecule has 0 heterocycles. The quantitative estimate of drug-likeness (QED) is 0.427. The second-order valence-corrected chi connectivity index (χ2v) is 0.250. The van der Waals surface area contributed by atoms with E-state index in [0.717, 1.165) is 0 Å². The Morgan fingerprint density at radius 1 is 1.33 bits per heavy atom. The Balaban J connectivity index is -0.0000000450. The average molecular weight is 219 g/mol. The number of rotatable bonds is 0. The minimum Gasteiger partial charge on any atom is -0.652 e. The van der Waals surface area contributed by atoms with Crippen LogP contribution >= 0.6 is 0 Å². The molecule has 2 N–H and O–H groups in total. The van der Waals surface area contributed by atoms with Gasteiger partial charge < -0.3 is 20.5 Å². The first-order chi connectivity index (χ1) is 1.73.